The summed E-state index contributed by atoms with van der Waals surface area (Å²) in [5.74, 6) is 0.780. The minimum Gasteiger partial charge on any atom is -0.497 e. The lowest BCUT2D eigenvalue weighted by Crippen LogP contribution is -2.24. The molecule has 1 N–H and O–H groups in total. The van der Waals surface area contributed by atoms with E-state index in [1.54, 1.807) is 43.5 Å². The molecule has 0 aliphatic carbocycles. The molecule has 0 unspecified atom stereocenters. The molecule has 0 atom stereocenters. The van der Waals surface area contributed by atoms with Crippen LogP contribution in [-0.2, 0) is 4.79 Å². The largest absolute Gasteiger partial charge is 0.497 e. The summed E-state index contributed by atoms with van der Waals surface area (Å²) in [4.78, 5) is 16.4. The predicted octanol–water partition coefficient (Wildman–Crippen LogP) is 2.76. The summed E-state index contributed by atoms with van der Waals surface area (Å²) in [6.45, 7) is 0. The molecule has 2 aromatic rings. The molecule has 1 aliphatic heterocycles. The number of hydrogen-bond donors (Lipinski definition) is 1. The molecule has 0 radical (unpaired) electrons. The highest BCUT2D eigenvalue weighted by Gasteiger charge is 2.21. The van der Waals surface area contributed by atoms with Crippen molar-refractivity contribution in [3.8, 4) is 11.5 Å². The number of benzene rings is 2. The van der Waals surface area contributed by atoms with E-state index in [2.05, 4.69) is 10.3 Å². The fraction of sp³-hybridized carbons (Fsp3) is 0.111. The second-order valence-corrected chi connectivity index (χ2v) is 5.06. The summed E-state index contributed by atoms with van der Waals surface area (Å²) in [6.07, 6.45) is 1.61. The third kappa shape index (κ3) is 3.12. The molecule has 6 heteroatoms. The Kier molecular flexibility index (Phi) is 4.29. The third-order valence-corrected chi connectivity index (χ3v) is 3.53. The molecule has 5 nitrogen and oxygen atoms in total. The number of ether oxygens (including phenoxy) is 2. The molecule has 0 fully saturated rings. The maximum absolute atomic E-state index is 13.3. The van der Waals surface area contributed by atoms with Gasteiger partial charge in [0.05, 0.1) is 14.2 Å². The standard InChI is InChI=1S/C18H15FN2O3/c1-23-14-7-6-11(16(10-14)24-2)9-15-18(22)21-17(20-15)12-4-3-5-13(19)8-12/h3-10H,1-2H3,(H,20,21,22)/b15-9+. The van der Waals surface area contributed by atoms with Gasteiger partial charge in [0.25, 0.3) is 5.91 Å². The van der Waals surface area contributed by atoms with E-state index in [9.17, 15) is 9.18 Å². The Labute approximate surface area is 138 Å². The second-order valence-electron chi connectivity index (χ2n) is 5.06. The third-order valence-electron chi connectivity index (χ3n) is 3.53. The minimum absolute atomic E-state index is 0.220. The summed E-state index contributed by atoms with van der Waals surface area (Å²) >= 11 is 0. The van der Waals surface area contributed by atoms with Gasteiger partial charge in [0, 0.05) is 17.2 Å². The number of amides is 1. The number of rotatable bonds is 4. The Bertz CT molecular complexity index is 859. The van der Waals surface area contributed by atoms with E-state index in [1.807, 2.05) is 0 Å². The van der Waals surface area contributed by atoms with E-state index in [0.717, 1.165) is 0 Å². The predicted molar refractivity (Wildman–Crippen MR) is 88.6 cm³/mol. The zero-order chi connectivity index (χ0) is 17.1. The van der Waals surface area contributed by atoms with Gasteiger partial charge in [-0.05, 0) is 30.3 Å². The van der Waals surface area contributed by atoms with E-state index in [1.165, 1.54) is 19.2 Å². The highest BCUT2D eigenvalue weighted by Crippen LogP contribution is 2.27. The second kappa shape index (κ2) is 6.54. The Balaban J connectivity index is 1.97. The van der Waals surface area contributed by atoms with Crippen molar-refractivity contribution in [2.75, 3.05) is 14.2 Å². The Morgan fingerprint density at radius 1 is 1.12 bits per heavy atom. The van der Waals surface area contributed by atoms with Crippen molar-refractivity contribution >= 4 is 17.8 Å². The van der Waals surface area contributed by atoms with Gasteiger partial charge in [-0.3, -0.25) is 4.79 Å². The van der Waals surface area contributed by atoms with Crippen molar-refractivity contribution in [1.82, 2.24) is 5.32 Å². The van der Waals surface area contributed by atoms with Crippen molar-refractivity contribution in [3.05, 3.63) is 65.1 Å². The molecular formula is C18H15FN2O3. The fourth-order valence-electron chi connectivity index (χ4n) is 2.33. The molecule has 2 aromatic carbocycles. The van der Waals surface area contributed by atoms with Crippen LogP contribution in [0.1, 0.15) is 11.1 Å². The van der Waals surface area contributed by atoms with Gasteiger partial charge < -0.3 is 14.8 Å². The molecule has 3 rings (SSSR count). The van der Waals surface area contributed by atoms with Gasteiger partial charge in [0.2, 0.25) is 0 Å². The normalized spacial score (nSPS) is 15.2. The lowest BCUT2D eigenvalue weighted by molar-refractivity contribution is -0.115. The van der Waals surface area contributed by atoms with Gasteiger partial charge in [-0.1, -0.05) is 12.1 Å². The number of nitrogens with one attached hydrogen (secondary N) is 1. The summed E-state index contributed by atoms with van der Waals surface area (Å²) in [7, 11) is 3.10. The molecule has 0 aromatic heterocycles. The quantitative estimate of drug-likeness (QED) is 0.879. The topological polar surface area (TPSA) is 59.9 Å². The molecule has 0 saturated carbocycles. The van der Waals surface area contributed by atoms with Crippen LogP contribution >= 0.6 is 0 Å². The summed E-state index contributed by atoms with van der Waals surface area (Å²) < 4.78 is 23.8. The number of aliphatic imine (C=N–C) groups is 1. The van der Waals surface area contributed by atoms with Crippen molar-refractivity contribution in [3.63, 3.8) is 0 Å². The van der Waals surface area contributed by atoms with Crippen LogP contribution in [-0.4, -0.2) is 26.0 Å². The minimum atomic E-state index is -0.390. The molecule has 0 bridgehead atoms. The fourth-order valence-corrected chi connectivity index (χ4v) is 2.33. The first-order valence-electron chi connectivity index (χ1n) is 7.20. The number of carbonyl (C=O) groups is 1. The first kappa shape index (κ1) is 15.7. The average Bonchev–Trinajstić information content (AvgIpc) is 2.96. The Morgan fingerprint density at radius 2 is 1.96 bits per heavy atom. The number of methoxy groups -OCH3 is 2. The van der Waals surface area contributed by atoms with Crippen molar-refractivity contribution in [2.24, 2.45) is 4.99 Å². The zero-order valence-electron chi connectivity index (χ0n) is 13.2. The van der Waals surface area contributed by atoms with E-state index >= 15 is 0 Å². The summed E-state index contributed by atoms with van der Waals surface area (Å²) in [5, 5.41) is 2.64. The van der Waals surface area contributed by atoms with Gasteiger partial charge in [-0.15, -0.1) is 0 Å². The molecule has 122 valence electrons. The Hall–Kier alpha value is -3.15. The van der Waals surface area contributed by atoms with Crippen LogP contribution in [0.15, 0.2) is 53.2 Å². The molecular weight excluding hydrogens is 311 g/mol. The maximum atomic E-state index is 13.3. The molecule has 1 heterocycles. The highest BCUT2D eigenvalue weighted by molar-refractivity contribution is 6.19. The van der Waals surface area contributed by atoms with Gasteiger partial charge >= 0.3 is 0 Å². The van der Waals surface area contributed by atoms with Crippen molar-refractivity contribution in [2.45, 2.75) is 0 Å². The van der Waals surface area contributed by atoms with Crippen LogP contribution in [0.2, 0.25) is 0 Å². The maximum Gasteiger partial charge on any atom is 0.275 e. The van der Waals surface area contributed by atoms with Crippen LogP contribution in [0.25, 0.3) is 6.08 Å². The van der Waals surface area contributed by atoms with Crippen LogP contribution in [0, 0.1) is 5.82 Å². The van der Waals surface area contributed by atoms with Gasteiger partial charge in [0.15, 0.2) is 0 Å². The van der Waals surface area contributed by atoms with E-state index in [-0.39, 0.29) is 11.6 Å². The van der Waals surface area contributed by atoms with Crippen LogP contribution < -0.4 is 14.8 Å². The number of hydrogen-bond acceptors (Lipinski definition) is 4. The first-order valence-corrected chi connectivity index (χ1v) is 7.20. The SMILES string of the molecule is COc1ccc(/C=C2/N=C(c3cccc(F)c3)NC2=O)c(OC)c1. The smallest absolute Gasteiger partial charge is 0.275 e. The monoisotopic (exact) mass is 326 g/mol. The van der Waals surface area contributed by atoms with E-state index in [0.29, 0.717) is 28.5 Å². The van der Waals surface area contributed by atoms with Crippen molar-refractivity contribution in [1.29, 1.82) is 0 Å². The summed E-state index contributed by atoms with van der Waals surface area (Å²) in [5.41, 5.74) is 1.42. The number of halogens is 1. The summed E-state index contributed by atoms with van der Waals surface area (Å²) in [6, 6.07) is 11.1. The molecule has 1 aliphatic rings. The number of nitrogens with zero attached hydrogens (tertiary/aromatic N) is 1. The average molecular weight is 326 g/mol. The highest BCUT2D eigenvalue weighted by atomic mass is 19.1. The first-order chi connectivity index (χ1) is 11.6. The van der Waals surface area contributed by atoms with E-state index in [4.69, 9.17) is 9.47 Å². The molecule has 0 saturated heterocycles. The lowest BCUT2D eigenvalue weighted by Gasteiger charge is -2.07. The molecule has 1 amide bonds. The lowest BCUT2D eigenvalue weighted by atomic mass is 10.1. The number of amidine groups is 1. The van der Waals surface area contributed by atoms with E-state index < -0.39 is 5.82 Å². The van der Waals surface area contributed by atoms with Gasteiger partial charge in [-0.25, -0.2) is 9.38 Å². The molecule has 0 spiro atoms. The van der Waals surface area contributed by atoms with Gasteiger partial charge in [-0.2, -0.15) is 0 Å². The Morgan fingerprint density at radius 3 is 2.67 bits per heavy atom. The van der Waals surface area contributed by atoms with Gasteiger partial charge in [0.1, 0.15) is 28.8 Å². The zero-order valence-corrected chi connectivity index (χ0v) is 13.2. The van der Waals surface area contributed by atoms with Crippen molar-refractivity contribution < 1.29 is 18.7 Å². The number of carbonyl (C=O) groups excluding carboxylic acids is 1. The van der Waals surface area contributed by atoms with Crippen LogP contribution in [0.4, 0.5) is 4.39 Å². The molecule has 24 heavy (non-hydrogen) atoms. The van der Waals surface area contributed by atoms with Crippen LogP contribution in [0.3, 0.4) is 0 Å². The van der Waals surface area contributed by atoms with Crippen LogP contribution in [0.5, 0.6) is 11.5 Å².